The summed E-state index contributed by atoms with van der Waals surface area (Å²) >= 11 is 13.3. The average molecular weight is 328 g/mol. The molecule has 0 bridgehead atoms. The predicted molar refractivity (Wildman–Crippen MR) is 82.1 cm³/mol. The normalized spacial score (nSPS) is 12.1. The molecule has 10 heteroatoms. The molecule has 2 heterocycles. The number of hydrogen-bond acceptors (Lipinski definition) is 7. The first-order chi connectivity index (χ1) is 9.54. The Morgan fingerprint density at radius 3 is 2.50 bits per heavy atom. The van der Waals surface area contributed by atoms with Crippen LogP contribution in [0.5, 0.6) is 0 Å². The lowest BCUT2D eigenvalue weighted by Gasteiger charge is -2.11. The molecule has 5 N–H and O–H groups in total. The summed E-state index contributed by atoms with van der Waals surface area (Å²) in [4.78, 5) is 7.81. The van der Waals surface area contributed by atoms with Crippen LogP contribution < -0.4 is 16.8 Å². The molecule has 0 amide bonds. The maximum atomic E-state index is 6.18. The molecule has 102 valence electrons. The Balaban J connectivity index is 2.08. The van der Waals surface area contributed by atoms with E-state index in [0.29, 0.717) is 32.9 Å². The van der Waals surface area contributed by atoms with E-state index in [9.17, 15) is 0 Å². The summed E-state index contributed by atoms with van der Waals surface area (Å²) in [7, 11) is 0. The highest BCUT2D eigenvalue weighted by molar-refractivity contribution is 7.58. The molecule has 0 spiro atoms. The van der Waals surface area contributed by atoms with Gasteiger partial charge in [0.1, 0.15) is 23.0 Å². The van der Waals surface area contributed by atoms with Crippen molar-refractivity contribution in [1.82, 2.24) is 9.97 Å². The van der Waals surface area contributed by atoms with Crippen molar-refractivity contribution in [2.24, 2.45) is 8.73 Å². The number of benzene rings is 1. The van der Waals surface area contributed by atoms with Gasteiger partial charge in [-0.2, -0.15) is 18.7 Å². The first-order valence-electron chi connectivity index (χ1n) is 5.32. The Hall–Kier alpha value is -1.90. The summed E-state index contributed by atoms with van der Waals surface area (Å²) in [6.45, 7) is 0. The number of rotatable bonds is 2. The van der Waals surface area contributed by atoms with Gasteiger partial charge >= 0.3 is 0 Å². The maximum Gasteiger partial charge on any atom is 0.223 e. The van der Waals surface area contributed by atoms with Crippen LogP contribution in [-0.2, 0) is 11.4 Å². The summed E-state index contributed by atoms with van der Waals surface area (Å²) < 4.78 is 8.29. The molecular weight excluding hydrogens is 321 g/mol. The SMILES string of the molecule is Nc1cc(Nc2c(Cl)cc(Cl)c3c2N=S=N3)nc(N)n1. The minimum atomic E-state index is 0.0604. The van der Waals surface area contributed by atoms with E-state index >= 15 is 0 Å². The summed E-state index contributed by atoms with van der Waals surface area (Å²) in [6, 6.07) is 3.12. The van der Waals surface area contributed by atoms with Crippen molar-refractivity contribution in [2.75, 3.05) is 16.8 Å². The quantitative estimate of drug-likeness (QED) is 0.667. The third-order valence-corrected chi connectivity index (χ3v) is 3.57. The number of nitrogens with two attached hydrogens (primary N) is 2. The minimum Gasteiger partial charge on any atom is -0.383 e. The number of nitrogen functional groups attached to an aromatic ring is 2. The van der Waals surface area contributed by atoms with Crippen LogP contribution in [0.2, 0.25) is 10.0 Å². The van der Waals surface area contributed by atoms with Crippen molar-refractivity contribution in [3.8, 4) is 0 Å². The highest BCUT2D eigenvalue weighted by atomic mass is 35.5. The largest absolute Gasteiger partial charge is 0.383 e. The lowest BCUT2D eigenvalue weighted by atomic mass is 10.2. The zero-order chi connectivity index (χ0) is 14.3. The summed E-state index contributed by atoms with van der Waals surface area (Å²) in [5.41, 5.74) is 12.8. The first-order valence-corrected chi connectivity index (χ1v) is 6.80. The first kappa shape index (κ1) is 13.1. The Kier molecular flexibility index (Phi) is 3.20. The van der Waals surface area contributed by atoms with Gasteiger partial charge in [-0.1, -0.05) is 23.2 Å². The smallest absolute Gasteiger partial charge is 0.223 e. The highest BCUT2D eigenvalue weighted by Crippen LogP contribution is 2.48. The van der Waals surface area contributed by atoms with Crippen molar-refractivity contribution in [1.29, 1.82) is 0 Å². The fourth-order valence-electron chi connectivity index (χ4n) is 1.67. The third-order valence-electron chi connectivity index (χ3n) is 2.46. The second-order valence-electron chi connectivity index (χ2n) is 3.84. The molecule has 0 saturated heterocycles. The zero-order valence-corrected chi connectivity index (χ0v) is 12.1. The lowest BCUT2D eigenvalue weighted by Crippen LogP contribution is -2.03. The number of hydrogen-bond donors (Lipinski definition) is 3. The van der Waals surface area contributed by atoms with Crippen molar-refractivity contribution in [3.63, 3.8) is 0 Å². The standard InChI is InChI=1S/C10H7Cl2N7S/c11-3-1-4(12)8-9(19-20-18-8)7(3)16-6-2-5(13)15-10(14)17-6/h1-2H,(H5,13,14,15,16,17). The van der Waals surface area contributed by atoms with Gasteiger partial charge in [0.05, 0.1) is 27.1 Å². The highest BCUT2D eigenvalue weighted by Gasteiger charge is 2.19. The number of nitrogens with one attached hydrogen (secondary N) is 1. The van der Waals surface area contributed by atoms with E-state index in [1.165, 1.54) is 6.07 Å². The second kappa shape index (κ2) is 4.89. The molecule has 3 rings (SSSR count). The van der Waals surface area contributed by atoms with E-state index in [4.69, 9.17) is 34.7 Å². The topological polar surface area (TPSA) is 115 Å². The van der Waals surface area contributed by atoms with Gasteiger partial charge in [0.2, 0.25) is 5.95 Å². The Bertz CT molecular complexity index is 765. The van der Waals surface area contributed by atoms with Gasteiger partial charge in [-0.3, -0.25) is 0 Å². The Morgan fingerprint density at radius 2 is 1.75 bits per heavy atom. The third kappa shape index (κ3) is 2.28. The molecule has 2 aromatic rings. The molecule has 0 fully saturated rings. The Morgan fingerprint density at radius 1 is 1.00 bits per heavy atom. The molecular formula is C10H7Cl2N7S. The molecule has 20 heavy (non-hydrogen) atoms. The molecule has 0 radical (unpaired) electrons. The van der Waals surface area contributed by atoms with E-state index in [1.54, 1.807) is 6.07 Å². The number of fused-ring (bicyclic) bond motifs is 1. The predicted octanol–water partition coefficient (Wildman–Crippen LogP) is 3.42. The van der Waals surface area contributed by atoms with Crippen LogP contribution in [0.1, 0.15) is 0 Å². The van der Waals surface area contributed by atoms with Crippen LogP contribution in [0.25, 0.3) is 0 Å². The average Bonchev–Trinajstić information content (AvgIpc) is 2.82. The van der Waals surface area contributed by atoms with Gasteiger partial charge in [0, 0.05) is 6.07 Å². The fraction of sp³-hybridized carbons (Fsp3) is 0. The molecule has 1 aromatic heterocycles. The molecule has 0 atom stereocenters. The molecule has 1 aromatic carbocycles. The van der Waals surface area contributed by atoms with E-state index < -0.39 is 0 Å². The van der Waals surface area contributed by atoms with Gasteiger partial charge in [0.25, 0.3) is 0 Å². The number of halogens is 2. The molecule has 0 unspecified atom stereocenters. The van der Waals surface area contributed by atoms with Crippen molar-refractivity contribution in [3.05, 3.63) is 22.2 Å². The lowest BCUT2D eigenvalue weighted by molar-refractivity contribution is 1.19. The van der Waals surface area contributed by atoms with E-state index in [1.807, 2.05) is 0 Å². The van der Waals surface area contributed by atoms with Crippen LogP contribution in [-0.4, -0.2) is 9.97 Å². The molecule has 1 aliphatic heterocycles. The number of aromatic nitrogens is 2. The van der Waals surface area contributed by atoms with Gasteiger partial charge < -0.3 is 16.8 Å². The summed E-state index contributed by atoms with van der Waals surface area (Å²) in [5.74, 6) is 0.719. The fourth-order valence-corrected chi connectivity index (χ4v) is 2.83. The van der Waals surface area contributed by atoms with Crippen LogP contribution >= 0.6 is 23.2 Å². The maximum absolute atomic E-state index is 6.18. The Labute approximate surface area is 127 Å². The van der Waals surface area contributed by atoms with Crippen LogP contribution in [0.15, 0.2) is 20.9 Å². The summed E-state index contributed by atoms with van der Waals surface area (Å²) in [5, 5.41) is 3.84. The van der Waals surface area contributed by atoms with Crippen LogP contribution in [0.3, 0.4) is 0 Å². The van der Waals surface area contributed by atoms with E-state index in [2.05, 4.69) is 24.0 Å². The molecule has 0 aliphatic carbocycles. The van der Waals surface area contributed by atoms with Crippen LogP contribution in [0, 0.1) is 0 Å². The number of anilines is 4. The number of nitrogens with zero attached hydrogens (tertiary/aromatic N) is 4. The molecule has 7 nitrogen and oxygen atoms in total. The molecule has 0 saturated carbocycles. The monoisotopic (exact) mass is 327 g/mol. The van der Waals surface area contributed by atoms with Crippen molar-refractivity contribution in [2.45, 2.75) is 0 Å². The van der Waals surface area contributed by atoms with Gasteiger partial charge in [-0.15, -0.1) is 0 Å². The zero-order valence-electron chi connectivity index (χ0n) is 9.76. The van der Waals surface area contributed by atoms with E-state index in [-0.39, 0.29) is 11.8 Å². The van der Waals surface area contributed by atoms with Gasteiger partial charge in [-0.25, -0.2) is 0 Å². The van der Waals surface area contributed by atoms with Crippen LogP contribution in [0.4, 0.5) is 34.6 Å². The van der Waals surface area contributed by atoms with Gasteiger partial charge in [-0.05, 0) is 6.07 Å². The van der Waals surface area contributed by atoms with E-state index in [0.717, 1.165) is 11.4 Å². The van der Waals surface area contributed by atoms with Gasteiger partial charge in [0.15, 0.2) is 0 Å². The summed E-state index contributed by atoms with van der Waals surface area (Å²) in [6.07, 6.45) is 0. The minimum absolute atomic E-state index is 0.0604. The second-order valence-corrected chi connectivity index (χ2v) is 5.18. The molecule has 1 aliphatic rings. The van der Waals surface area contributed by atoms with Crippen molar-refractivity contribution < 1.29 is 0 Å². The van der Waals surface area contributed by atoms with Crippen molar-refractivity contribution >= 4 is 69.2 Å².